The summed E-state index contributed by atoms with van der Waals surface area (Å²) in [4.78, 5) is 36.6. The lowest BCUT2D eigenvalue weighted by Crippen LogP contribution is -3.00. The molecule has 15 heteroatoms. The molecule has 7 aromatic rings. The first-order valence-electron chi connectivity index (χ1n) is 28.9. The molecule has 456 valence electrons. The second-order valence-corrected chi connectivity index (χ2v) is 25.1. The molecule has 2 aliphatic rings. The molecule has 2 atom stereocenters. The van der Waals surface area contributed by atoms with Gasteiger partial charge < -0.3 is 52.8 Å². The molecule has 0 amide bonds. The van der Waals surface area contributed by atoms with Gasteiger partial charge in [0.25, 0.3) is 0 Å². The second kappa shape index (κ2) is 28.9. The van der Waals surface area contributed by atoms with Crippen molar-refractivity contribution >= 4 is 17.9 Å². The third kappa shape index (κ3) is 16.5. The Bertz CT molecular complexity index is 3350. The molecule has 2 aliphatic heterocycles. The van der Waals surface area contributed by atoms with Gasteiger partial charge in [-0.05, 0) is 139 Å². The summed E-state index contributed by atoms with van der Waals surface area (Å²) in [5.74, 6) is -2.15. The number of benzene rings is 7. The predicted octanol–water partition coefficient (Wildman–Crippen LogP) is 9.33. The number of carbonyl (C=O) groups is 3. The third-order valence-electron chi connectivity index (χ3n) is 16.6. The number of hydrogen-bond acceptors (Lipinski definition) is 10. The first-order chi connectivity index (χ1) is 40.7. The number of nitrogens with zero attached hydrogens (tertiary/aromatic N) is 4. The highest BCUT2D eigenvalue weighted by Crippen LogP contribution is 2.47. The van der Waals surface area contributed by atoms with Gasteiger partial charge in [-0.3, -0.25) is 18.6 Å². The SMILES string of the molecule is CC(C)(C(=O)OC[N+](C)(C)CCCC1(c2ccc(F)cc2)OCc2cc(C#N)ccc21)c1ccccc1.CC(C)(C(=O)OC[N+](C)(C)CCCC1(c2ccc(F)cc2)OCc2cc(C#N)ccc21)c1ccccc1.CC(C)(C(=O)[O-])c1ccccc1.[I-]. The Morgan fingerprint density at radius 2 is 0.839 bits per heavy atom. The van der Waals surface area contributed by atoms with Crippen molar-refractivity contribution in [2.75, 3.05) is 54.7 Å². The minimum absolute atomic E-state index is 0. The molecular weight excluding hydrogens is 1210 g/mol. The lowest BCUT2D eigenvalue weighted by Gasteiger charge is -2.34. The van der Waals surface area contributed by atoms with E-state index < -0.39 is 33.4 Å². The molecule has 0 saturated carbocycles. The summed E-state index contributed by atoms with van der Waals surface area (Å²) >= 11 is 0. The Labute approximate surface area is 529 Å². The Morgan fingerprint density at radius 3 is 1.15 bits per heavy atom. The summed E-state index contributed by atoms with van der Waals surface area (Å²) in [5.41, 5.74) is 5.74. The number of rotatable bonds is 20. The van der Waals surface area contributed by atoms with Crippen LogP contribution in [0.2, 0.25) is 0 Å². The quantitative estimate of drug-likeness (QED) is 0.0312. The van der Waals surface area contributed by atoms with E-state index >= 15 is 0 Å². The van der Waals surface area contributed by atoms with Crippen LogP contribution in [-0.2, 0) is 74.0 Å². The summed E-state index contributed by atoms with van der Waals surface area (Å²) in [6.07, 6.45) is 2.90. The van der Waals surface area contributed by atoms with E-state index in [-0.39, 0.29) is 61.0 Å². The zero-order valence-corrected chi connectivity index (χ0v) is 53.7. The summed E-state index contributed by atoms with van der Waals surface area (Å²) in [7, 11) is 8.15. The van der Waals surface area contributed by atoms with E-state index in [4.69, 9.17) is 18.9 Å². The van der Waals surface area contributed by atoms with Gasteiger partial charge in [0.2, 0.25) is 13.5 Å². The lowest BCUT2D eigenvalue weighted by atomic mass is 9.81. The van der Waals surface area contributed by atoms with Gasteiger partial charge in [0.15, 0.2) is 0 Å². The van der Waals surface area contributed by atoms with Crippen LogP contribution in [0.5, 0.6) is 0 Å². The van der Waals surface area contributed by atoms with Crippen molar-refractivity contribution < 1.29 is 80.2 Å². The second-order valence-electron chi connectivity index (χ2n) is 25.1. The van der Waals surface area contributed by atoms with Gasteiger partial charge >= 0.3 is 11.9 Å². The Hall–Kier alpha value is -7.64. The Kier molecular flexibility index (Phi) is 22.8. The normalized spacial score (nSPS) is 16.2. The fourth-order valence-corrected chi connectivity index (χ4v) is 10.9. The van der Waals surface area contributed by atoms with Crippen molar-refractivity contribution in [3.8, 4) is 12.1 Å². The number of nitriles is 2. The Balaban J connectivity index is 0.000000231. The van der Waals surface area contributed by atoms with Gasteiger partial charge in [0.05, 0.1) is 94.6 Å². The fraction of sp³-hybridized carbons (Fsp3) is 0.347. The van der Waals surface area contributed by atoms with Crippen LogP contribution in [0.25, 0.3) is 0 Å². The molecule has 12 nitrogen and oxygen atoms in total. The van der Waals surface area contributed by atoms with Crippen molar-refractivity contribution in [3.05, 3.63) is 249 Å². The van der Waals surface area contributed by atoms with Gasteiger partial charge in [0, 0.05) is 18.3 Å². The van der Waals surface area contributed by atoms with Crippen molar-refractivity contribution in [1.29, 1.82) is 10.5 Å². The number of aliphatic carboxylic acids is 1. The smallest absolute Gasteiger partial charge is 0.320 e. The number of halogens is 3. The van der Waals surface area contributed by atoms with Gasteiger partial charge in [0.1, 0.15) is 22.8 Å². The van der Waals surface area contributed by atoms with E-state index in [1.165, 1.54) is 24.3 Å². The highest BCUT2D eigenvalue weighted by atomic mass is 127. The molecule has 0 aliphatic carbocycles. The lowest BCUT2D eigenvalue weighted by molar-refractivity contribution is -0.907. The third-order valence-corrected chi connectivity index (χ3v) is 16.6. The average Bonchev–Trinajstić information content (AvgIpc) is 1.71. The molecule has 0 aromatic heterocycles. The zero-order valence-electron chi connectivity index (χ0n) is 51.5. The topological polar surface area (TPSA) is 159 Å². The van der Waals surface area contributed by atoms with E-state index in [2.05, 4.69) is 12.1 Å². The van der Waals surface area contributed by atoms with Crippen molar-refractivity contribution in [1.82, 2.24) is 0 Å². The van der Waals surface area contributed by atoms with Crippen LogP contribution in [0, 0.1) is 34.3 Å². The molecule has 0 saturated heterocycles. The highest BCUT2D eigenvalue weighted by molar-refractivity contribution is 5.82. The maximum atomic E-state index is 13.7. The van der Waals surface area contributed by atoms with Crippen molar-refractivity contribution in [2.24, 2.45) is 0 Å². The molecule has 2 unspecified atom stereocenters. The first-order valence-corrected chi connectivity index (χ1v) is 28.9. The minimum atomic E-state index is -1.05. The molecule has 0 fully saturated rings. The number of fused-ring (bicyclic) bond motifs is 2. The summed E-state index contributed by atoms with van der Waals surface area (Å²) in [6.45, 7) is 13.6. The van der Waals surface area contributed by atoms with Gasteiger partial charge in [-0.15, -0.1) is 0 Å². The molecular formula is C72H79F2IN4O8. The Morgan fingerprint density at radius 1 is 0.517 bits per heavy atom. The van der Waals surface area contributed by atoms with E-state index in [1.807, 2.05) is 159 Å². The molecule has 0 N–H and O–H groups in total. The molecule has 9 rings (SSSR count). The minimum Gasteiger partial charge on any atom is -1.00 e. The van der Waals surface area contributed by atoms with E-state index in [0.29, 0.717) is 46.1 Å². The molecule has 0 bridgehead atoms. The standard InChI is InChI=1S/2C31H34FN2O3.C10H12O2.HI/c2*1-30(2,25-9-6-5-7-10-25)29(35)36-22-34(3,4)18-8-17-31(26-12-14-27(32)15-13-26)28-16-11-23(20-33)19-24(28)21-37-31;1-10(2,9(11)12)8-6-4-3-5-7-8;/h2*5-7,9-16,19H,8,17-18,21-22H2,1-4H3;3-7H,1-2H3,(H,11,12);1H/q2*+1;;/p-2. The maximum absolute atomic E-state index is 13.7. The number of quaternary nitrogens is 2. The first kappa shape index (κ1) is 68.5. The van der Waals surface area contributed by atoms with Gasteiger partial charge in [-0.2, -0.15) is 10.5 Å². The van der Waals surface area contributed by atoms with Crippen molar-refractivity contribution in [3.63, 3.8) is 0 Å². The monoisotopic (exact) mass is 1290 g/mol. The van der Waals surface area contributed by atoms with Crippen LogP contribution in [0.1, 0.15) is 128 Å². The van der Waals surface area contributed by atoms with Crippen LogP contribution in [0.4, 0.5) is 8.78 Å². The largest absolute Gasteiger partial charge is 1.00 e. The summed E-state index contributed by atoms with van der Waals surface area (Å²) < 4.78 is 52.8. The van der Waals surface area contributed by atoms with E-state index in [9.17, 15) is 38.8 Å². The van der Waals surface area contributed by atoms with Crippen molar-refractivity contribution in [2.45, 2.75) is 108 Å². The summed E-state index contributed by atoms with van der Waals surface area (Å²) in [6, 6.07) is 56.9. The van der Waals surface area contributed by atoms with E-state index in [0.717, 1.165) is 76.0 Å². The predicted molar refractivity (Wildman–Crippen MR) is 324 cm³/mol. The molecule has 7 aromatic carbocycles. The number of carbonyl (C=O) groups excluding carboxylic acids is 3. The number of hydrogen-bond donors (Lipinski definition) is 0. The molecule has 0 spiro atoms. The van der Waals surface area contributed by atoms with Crippen LogP contribution in [0.3, 0.4) is 0 Å². The number of carboxylic acids is 1. The average molecular weight is 1290 g/mol. The van der Waals surface area contributed by atoms with E-state index in [1.54, 1.807) is 62.4 Å². The molecule has 87 heavy (non-hydrogen) atoms. The summed E-state index contributed by atoms with van der Waals surface area (Å²) in [5, 5.41) is 29.3. The number of carboxylic acid groups (broad SMARTS) is 1. The van der Waals surface area contributed by atoms with Crippen LogP contribution in [0.15, 0.2) is 176 Å². The van der Waals surface area contributed by atoms with Gasteiger partial charge in [-0.1, -0.05) is 141 Å². The van der Waals surface area contributed by atoms with Gasteiger partial charge in [-0.25, -0.2) is 8.78 Å². The maximum Gasteiger partial charge on any atom is 0.320 e. The zero-order chi connectivity index (χ0) is 62.6. The number of esters is 2. The number of ether oxygens (including phenoxy) is 4. The fourth-order valence-electron chi connectivity index (χ4n) is 10.9. The molecule has 0 radical (unpaired) electrons. The molecule has 2 heterocycles. The van der Waals surface area contributed by atoms with Crippen LogP contribution in [-0.4, -0.2) is 81.6 Å². The van der Waals surface area contributed by atoms with Crippen LogP contribution < -0.4 is 29.1 Å². The van der Waals surface area contributed by atoms with Crippen LogP contribution >= 0.6 is 0 Å². The highest BCUT2D eigenvalue weighted by Gasteiger charge is 2.44.